The number of benzene rings is 2. The first-order valence-electron chi connectivity index (χ1n) is 11.1. The van der Waals surface area contributed by atoms with Gasteiger partial charge in [-0.15, -0.1) is 0 Å². The van der Waals surface area contributed by atoms with Crippen LogP contribution in [0.15, 0.2) is 61.1 Å². The SMILES string of the molecule is CC[C@@H](NC(=O)c1cn(CCNC(=O)OCC2c3ccccc3-c3ccccc32)cn1)C(=O)O. The molecular weight excluding hydrogens is 436 g/mol. The van der Waals surface area contributed by atoms with Crippen molar-refractivity contribution in [1.82, 2.24) is 20.2 Å². The lowest BCUT2D eigenvalue weighted by Gasteiger charge is -2.14. The second kappa shape index (κ2) is 10.2. The molecule has 0 fully saturated rings. The summed E-state index contributed by atoms with van der Waals surface area (Å²) >= 11 is 0. The van der Waals surface area contributed by atoms with Gasteiger partial charge >= 0.3 is 12.1 Å². The van der Waals surface area contributed by atoms with Gasteiger partial charge in [-0.2, -0.15) is 0 Å². The highest BCUT2D eigenvalue weighted by atomic mass is 16.5. The zero-order chi connectivity index (χ0) is 24.1. The van der Waals surface area contributed by atoms with Crippen LogP contribution >= 0.6 is 0 Å². The molecule has 1 aromatic heterocycles. The molecule has 4 rings (SSSR count). The number of rotatable bonds is 9. The Kier molecular flexibility index (Phi) is 6.91. The van der Waals surface area contributed by atoms with E-state index in [2.05, 4.69) is 39.9 Å². The van der Waals surface area contributed by atoms with Gasteiger partial charge in [0.05, 0.1) is 6.33 Å². The fourth-order valence-electron chi connectivity index (χ4n) is 4.11. The van der Waals surface area contributed by atoms with E-state index in [1.54, 1.807) is 11.5 Å². The number of aliphatic carboxylic acids is 1. The Bertz CT molecular complexity index is 1160. The molecule has 0 radical (unpaired) electrons. The number of nitrogens with zero attached hydrogens (tertiary/aromatic N) is 2. The number of carboxylic acid groups (broad SMARTS) is 1. The quantitative estimate of drug-likeness (QED) is 0.449. The normalized spacial score (nSPS) is 13.0. The van der Waals surface area contributed by atoms with Crippen molar-refractivity contribution in [2.75, 3.05) is 13.2 Å². The third-order valence-electron chi connectivity index (χ3n) is 5.86. The maximum Gasteiger partial charge on any atom is 0.407 e. The van der Waals surface area contributed by atoms with E-state index >= 15 is 0 Å². The Morgan fingerprint density at radius 2 is 1.74 bits per heavy atom. The molecular formula is C25H26N4O5. The van der Waals surface area contributed by atoms with Crippen molar-refractivity contribution in [3.8, 4) is 11.1 Å². The zero-order valence-corrected chi connectivity index (χ0v) is 18.7. The first kappa shape index (κ1) is 23.0. The van der Waals surface area contributed by atoms with Gasteiger partial charge in [0.2, 0.25) is 0 Å². The summed E-state index contributed by atoms with van der Waals surface area (Å²) in [4.78, 5) is 39.5. The number of carbonyl (C=O) groups is 3. The smallest absolute Gasteiger partial charge is 0.407 e. The lowest BCUT2D eigenvalue weighted by Crippen LogP contribution is -2.40. The molecule has 9 heteroatoms. The number of fused-ring (bicyclic) bond motifs is 3. The summed E-state index contributed by atoms with van der Waals surface area (Å²) in [6, 6.07) is 15.3. The summed E-state index contributed by atoms with van der Waals surface area (Å²) in [5, 5.41) is 14.2. The van der Waals surface area contributed by atoms with Crippen molar-refractivity contribution in [3.05, 3.63) is 77.9 Å². The van der Waals surface area contributed by atoms with E-state index in [4.69, 9.17) is 9.84 Å². The lowest BCUT2D eigenvalue weighted by molar-refractivity contribution is -0.139. The summed E-state index contributed by atoms with van der Waals surface area (Å²) in [5.74, 6) is -1.66. The second-order valence-electron chi connectivity index (χ2n) is 8.02. The Balaban J connectivity index is 1.26. The molecule has 0 unspecified atom stereocenters. The first-order valence-corrected chi connectivity index (χ1v) is 11.1. The number of hydrogen-bond donors (Lipinski definition) is 3. The number of amides is 2. The Morgan fingerprint density at radius 3 is 2.35 bits per heavy atom. The maximum atomic E-state index is 12.3. The fraction of sp³-hybridized carbons (Fsp3) is 0.280. The average Bonchev–Trinajstić information content (AvgIpc) is 3.44. The molecule has 2 aromatic carbocycles. The van der Waals surface area contributed by atoms with E-state index < -0.39 is 24.0 Å². The molecule has 9 nitrogen and oxygen atoms in total. The van der Waals surface area contributed by atoms with E-state index in [0.29, 0.717) is 6.54 Å². The monoisotopic (exact) mass is 462 g/mol. The first-order chi connectivity index (χ1) is 16.5. The van der Waals surface area contributed by atoms with Crippen LogP contribution in [0.25, 0.3) is 11.1 Å². The van der Waals surface area contributed by atoms with Crippen LogP contribution < -0.4 is 10.6 Å². The van der Waals surface area contributed by atoms with Crippen LogP contribution in [0.1, 0.15) is 40.9 Å². The molecule has 2 amide bonds. The summed E-state index contributed by atoms with van der Waals surface area (Å²) in [7, 11) is 0. The van der Waals surface area contributed by atoms with Crippen LogP contribution in [0, 0.1) is 0 Å². The molecule has 1 atom stereocenters. The topological polar surface area (TPSA) is 123 Å². The number of ether oxygens (including phenoxy) is 1. The van der Waals surface area contributed by atoms with E-state index in [1.807, 2.05) is 24.3 Å². The lowest BCUT2D eigenvalue weighted by atomic mass is 9.98. The molecule has 0 saturated heterocycles. The molecule has 0 spiro atoms. The van der Waals surface area contributed by atoms with E-state index in [9.17, 15) is 14.4 Å². The fourth-order valence-corrected chi connectivity index (χ4v) is 4.11. The maximum absolute atomic E-state index is 12.3. The largest absolute Gasteiger partial charge is 0.480 e. The minimum atomic E-state index is -1.09. The van der Waals surface area contributed by atoms with Crippen molar-refractivity contribution in [3.63, 3.8) is 0 Å². The van der Waals surface area contributed by atoms with Crippen molar-refractivity contribution >= 4 is 18.0 Å². The van der Waals surface area contributed by atoms with Gasteiger partial charge in [-0.05, 0) is 28.7 Å². The number of aromatic nitrogens is 2. The predicted octanol–water partition coefficient (Wildman–Crippen LogP) is 3.01. The molecule has 1 aliphatic carbocycles. The van der Waals surface area contributed by atoms with Gasteiger partial charge < -0.3 is 25.0 Å². The van der Waals surface area contributed by atoms with Gasteiger partial charge in [0, 0.05) is 25.2 Å². The van der Waals surface area contributed by atoms with Crippen molar-refractivity contribution in [2.45, 2.75) is 31.8 Å². The van der Waals surface area contributed by atoms with E-state index in [0.717, 1.165) is 11.1 Å². The number of carbonyl (C=O) groups excluding carboxylic acids is 2. The highest BCUT2D eigenvalue weighted by Gasteiger charge is 2.29. The molecule has 3 aromatic rings. The van der Waals surface area contributed by atoms with E-state index in [-0.39, 0.29) is 31.2 Å². The highest BCUT2D eigenvalue weighted by molar-refractivity contribution is 5.94. The van der Waals surface area contributed by atoms with Gasteiger partial charge in [0.15, 0.2) is 0 Å². The average molecular weight is 463 g/mol. The Morgan fingerprint density at radius 1 is 1.09 bits per heavy atom. The highest BCUT2D eigenvalue weighted by Crippen LogP contribution is 2.44. The number of imidazole rings is 1. The molecule has 1 heterocycles. The van der Waals surface area contributed by atoms with Crippen LogP contribution in [0.5, 0.6) is 0 Å². The van der Waals surface area contributed by atoms with Crippen molar-refractivity contribution in [1.29, 1.82) is 0 Å². The van der Waals surface area contributed by atoms with Crippen LogP contribution in [0.4, 0.5) is 4.79 Å². The molecule has 3 N–H and O–H groups in total. The predicted molar refractivity (Wildman–Crippen MR) is 124 cm³/mol. The number of nitrogens with one attached hydrogen (secondary N) is 2. The van der Waals surface area contributed by atoms with Crippen LogP contribution in [0.3, 0.4) is 0 Å². The van der Waals surface area contributed by atoms with Gasteiger partial charge in [-0.3, -0.25) is 4.79 Å². The van der Waals surface area contributed by atoms with Crippen LogP contribution in [-0.4, -0.2) is 51.8 Å². The van der Waals surface area contributed by atoms with Gasteiger partial charge in [0.25, 0.3) is 5.91 Å². The Hall–Kier alpha value is -4.14. The summed E-state index contributed by atoms with van der Waals surface area (Å²) in [6.45, 7) is 2.56. The second-order valence-corrected chi connectivity index (χ2v) is 8.02. The minimum Gasteiger partial charge on any atom is -0.480 e. The van der Waals surface area contributed by atoms with Gasteiger partial charge in [-0.1, -0.05) is 55.5 Å². The standard InChI is InChI=1S/C25H26N4O5/c1-2-21(24(31)32)28-23(30)22-13-29(15-27-22)12-11-26-25(33)34-14-20-18-9-5-3-7-16(18)17-8-4-6-10-19(17)20/h3-10,13,15,20-21H,2,11-12,14H2,1H3,(H,26,33)(H,28,30)(H,31,32)/t21-/m1/s1. The van der Waals surface area contributed by atoms with Crippen molar-refractivity contribution < 1.29 is 24.2 Å². The number of hydrogen-bond acceptors (Lipinski definition) is 5. The Labute approximate surface area is 196 Å². The number of carboxylic acids is 1. The molecule has 0 aliphatic heterocycles. The summed E-state index contributed by atoms with van der Waals surface area (Å²) in [5.41, 5.74) is 4.74. The molecule has 176 valence electrons. The van der Waals surface area contributed by atoms with Gasteiger partial charge in [-0.25, -0.2) is 14.6 Å². The van der Waals surface area contributed by atoms with Crippen LogP contribution in [0.2, 0.25) is 0 Å². The van der Waals surface area contributed by atoms with Gasteiger partial charge in [0.1, 0.15) is 18.3 Å². The van der Waals surface area contributed by atoms with Crippen molar-refractivity contribution in [2.24, 2.45) is 0 Å². The molecule has 34 heavy (non-hydrogen) atoms. The third-order valence-corrected chi connectivity index (χ3v) is 5.86. The van der Waals surface area contributed by atoms with Crippen LogP contribution in [-0.2, 0) is 16.1 Å². The summed E-state index contributed by atoms with van der Waals surface area (Å²) in [6.07, 6.45) is 2.71. The number of alkyl carbamates (subject to hydrolysis) is 1. The zero-order valence-electron chi connectivity index (χ0n) is 18.7. The molecule has 0 bridgehead atoms. The summed E-state index contributed by atoms with van der Waals surface area (Å²) < 4.78 is 7.14. The third kappa shape index (κ3) is 4.93. The molecule has 1 aliphatic rings. The van der Waals surface area contributed by atoms with E-state index in [1.165, 1.54) is 23.7 Å². The molecule has 0 saturated carbocycles. The minimum absolute atomic E-state index is 0.00869.